The van der Waals surface area contributed by atoms with Crippen LogP contribution >= 0.6 is 11.6 Å². The highest BCUT2D eigenvalue weighted by Gasteiger charge is 2.14. The van der Waals surface area contributed by atoms with E-state index < -0.39 is 0 Å². The summed E-state index contributed by atoms with van der Waals surface area (Å²) in [5.41, 5.74) is 0.601. The Labute approximate surface area is 130 Å². The van der Waals surface area contributed by atoms with Crippen LogP contribution in [0.15, 0.2) is 24.3 Å². The average molecular weight is 309 g/mol. The van der Waals surface area contributed by atoms with Crippen LogP contribution in [-0.2, 0) is 4.79 Å². The van der Waals surface area contributed by atoms with Gasteiger partial charge in [-0.05, 0) is 56.1 Å². The number of piperidine rings is 1. The summed E-state index contributed by atoms with van der Waals surface area (Å²) in [6, 6.07) is 6.75. The second kappa shape index (κ2) is 8.15. The van der Waals surface area contributed by atoms with E-state index in [4.69, 9.17) is 11.6 Å². The predicted molar refractivity (Wildman–Crippen MR) is 83.6 cm³/mol. The fraction of sp³-hybridized carbons (Fsp3) is 0.500. The Kier molecular flexibility index (Phi) is 6.21. The van der Waals surface area contributed by atoms with Crippen LogP contribution in [0, 0.1) is 5.92 Å². The summed E-state index contributed by atoms with van der Waals surface area (Å²) in [5, 5.41) is 6.84. The van der Waals surface area contributed by atoms with Gasteiger partial charge in [0.15, 0.2) is 5.78 Å². The summed E-state index contributed by atoms with van der Waals surface area (Å²) in [6.07, 6.45) is 2.78. The average Bonchev–Trinajstić information content (AvgIpc) is 2.52. The van der Waals surface area contributed by atoms with Crippen molar-refractivity contribution in [2.75, 3.05) is 19.6 Å². The van der Waals surface area contributed by atoms with Crippen molar-refractivity contribution in [3.8, 4) is 0 Å². The zero-order valence-corrected chi connectivity index (χ0v) is 12.8. The van der Waals surface area contributed by atoms with E-state index >= 15 is 0 Å². The van der Waals surface area contributed by atoms with E-state index in [1.54, 1.807) is 24.3 Å². The first-order valence-electron chi connectivity index (χ1n) is 7.41. The summed E-state index contributed by atoms with van der Waals surface area (Å²) in [5.74, 6) is 0.429. The molecule has 1 amide bonds. The van der Waals surface area contributed by atoms with Gasteiger partial charge in [0.05, 0.1) is 0 Å². The third-order valence-corrected chi connectivity index (χ3v) is 3.98. The smallest absolute Gasteiger partial charge is 0.220 e. The van der Waals surface area contributed by atoms with Crippen molar-refractivity contribution in [3.63, 3.8) is 0 Å². The highest BCUT2D eigenvalue weighted by Crippen LogP contribution is 2.12. The minimum Gasteiger partial charge on any atom is -0.356 e. The SMILES string of the molecule is O=C(CCC(=O)c1ccc(Cl)cc1)NCC1CCCNC1. The number of hydrogen-bond acceptors (Lipinski definition) is 3. The number of halogens is 1. The maximum Gasteiger partial charge on any atom is 0.220 e. The second-order valence-electron chi connectivity index (χ2n) is 5.45. The molecule has 1 unspecified atom stereocenters. The Morgan fingerprint density at radius 1 is 1.24 bits per heavy atom. The Hall–Kier alpha value is -1.39. The molecule has 0 aliphatic carbocycles. The van der Waals surface area contributed by atoms with Gasteiger partial charge in [-0.15, -0.1) is 0 Å². The van der Waals surface area contributed by atoms with Crippen LogP contribution in [0.4, 0.5) is 0 Å². The minimum atomic E-state index is -0.0529. The Morgan fingerprint density at radius 2 is 2.00 bits per heavy atom. The lowest BCUT2D eigenvalue weighted by Gasteiger charge is -2.22. The number of rotatable bonds is 6. The van der Waals surface area contributed by atoms with Crippen LogP contribution in [0.5, 0.6) is 0 Å². The van der Waals surface area contributed by atoms with E-state index in [2.05, 4.69) is 10.6 Å². The first kappa shape index (κ1) is 16.0. The third-order valence-electron chi connectivity index (χ3n) is 3.73. The van der Waals surface area contributed by atoms with Gasteiger partial charge in [-0.3, -0.25) is 9.59 Å². The lowest BCUT2D eigenvalue weighted by molar-refractivity contribution is -0.121. The molecule has 2 N–H and O–H groups in total. The second-order valence-corrected chi connectivity index (χ2v) is 5.88. The van der Waals surface area contributed by atoms with Gasteiger partial charge < -0.3 is 10.6 Å². The number of carbonyl (C=O) groups excluding carboxylic acids is 2. The molecule has 0 spiro atoms. The van der Waals surface area contributed by atoms with E-state index in [1.807, 2.05) is 0 Å². The quantitative estimate of drug-likeness (QED) is 0.794. The van der Waals surface area contributed by atoms with Gasteiger partial charge in [0.25, 0.3) is 0 Å². The molecule has 1 saturated heterocycles. The molecule has 1 aromatic rings. The molecule has 4 nitrogen and oxygen atoms in total. The Balaban J connectivity index is 1.68. The number of nitrogens with one attached hydrogen (secondary N) is 2. The molecule has 1 aliphatic heterocycles. The van der Waals surface area contributed by atoms with Crippen molar-refractivity contribution in [2.45, 2.75) is 25.7 Å². The first-order chi connectivity index (χ1) is 10.1. The van der Waals surface area contributed by atoms with E-state index in [0.717, 1.165) is 25.9 Å². The first-order valence-corrected chi connectivity index (χ1v) is 7.79. The van der Waals surface area contributed by atoms with Crippen molar-refractivity contribution in [1.82, 2.24) is 10.6 Å². The normalized spacial score (nSPS) is 18.2. The number of ketones is 1. The molecule has 0 radical (unpaired) electrons. The van der Waals surface area contributed by atoms with Crippen molar-refractivity contribution in [2.24, 2.45) is 5.92 Å². The van der Waals surface area contributed by atoms with Crippen LogP contribution in [-0.4, -0.2) is 31.3 Å². The lowest BCUT2D eigenvalue weighted by Crippen LogP contribution is -2.38. The summed E-state index contributed by atoms with van der Waals surface area (Å²) in [6.45, 7) is 2.73. The zero-order valence-electron chi connectivity index (χ0n) is 12.0. The van der Waals surface area contributed by atoms with Crippen LogP contribution in [0.2, 0.25) is 5.02 Å². The van der Waals surface area contributed by atoms with Gasteiger partial charge in [-0.2, -0.15) is 0 Å². The monoisotopic (exact) mass is 308 g/mol. The fourth-order valence-electron chi connectivity index (χ4n) is 2.45. The van der Waals surface area contributed by atoms with Gasteiger partial charge in [-0.25, -0.2) is 0 Å². The number of hydrogen-bond donors (Lipinski definition) is 2. The summed E-state index contributed by atoms with van der Waals surface area (Å²) >= 11 is 5.78. The van der Waals surface area contributed by atoms with Gasteiger partial charge >= 0.3 is 0 Å². The number of Topliss-reactive ketones (excluding diaryl/α,β-unsaturated/α-hetero) is 1. The van der Waals surface area contributed by atoms with Crippen molar-refractivity contribution in [3.05, 3.63) is 34.9 Å². The molecule has 21 heavy (non-hydrogen) atoms. The van der Waals surface area contributed by atoms with E-state index in [-0.39, 0.29) is 24.5 Å². The van der Waals surface area contributed by atoms with Crippen molar-refractivity contribution >= 4 is 23.3 Å². The zero-order chi connectivity index (χ0) is 15.1. The van der Waals surface area contributed by atoms with E-state index in [0.29, 0.717) is 23.0 Å². The number of benzene rings is 1. The Morgan fingerprint density at radius 3 is 2.67 bits per heavy atom. The van der Waals surface area contributed by atoms with Crippen LogP contribution in [0.25, 0.3) is 0 Å². The molecule has 0 aromatic heterocycles. The maximum absolute atomic E-state index is 11.9. The van der Waals surface area contributed by atoms with Gasteiger partial charge in [0.1, 0.15) is 0 Å². The van der Waals surface area contributed by atoms with Crippen molar-refractivity contribution < 1.29 is 9.59 Å². The van der Waals surface area contributed by atoms with Crippen LogP contribution < -0.4 is 10.6 Å². The van der Waals surface area contributed by atoms with E-state index in [9.17, 15) is 9.59 Å². The molecule has 114 valence electrons. The highest BCUT2D eigenvalue weighted by atomic mass is 35.5. The topological polar surface area (TPSA) is 58.2 Å². The van der Waals surface area contributed by atoms with E-state index in [1.165, 1.54) is 0 Å². The molecular weight excluding hydrogens is 288 g/mol. The molecule has 2 rings (SSSR count). The van der Waals surface area contributed by atoms with Gasteiger partial charge in [0.2, 0.25) is 5.91 Å². The third kappa shape index (κ3) is 5.48. The standard InChI is InChI=1S/C16H21ClN2O2/c17-14-5-3-13(4-6-14)15(20)7-8-16(21)19-11-12-2-1-9-18-10-12/h3-6,12,18H,1-2,7-11H2,(H,19,21). The molecule has 0 bridgehead atoms. The number of carbonyl (C=O) groups is 2. The molecule has 1 atom stereocenters. The molecule has 1 aromatic carbocycles. The molecule has 5 heteroatoms. The molecule has 0 saturated carbocycles. The highest BCUT2D eigenvalue weighted by molar-refractivity contribution is 6.30. The molecular formula is C16H21ClN2O2. The van der Waals surface area contributed by atoms with Crippen molar-refractivity contribution in [1.29, 1.82) is 0 Å². The fourth-order valence-corrected chi connectivity index (χ4v) is 2.58. The summed E-state index contributed by atoms with van der Waals surface area (Å²) in [4.78, 5) is 23.7. The Bertz CT molecular complexity index is 482. The predicted octanol–water partition coefficient (Wildman–Crippen LogP) is 2.42. The summed E-state index contributed by atoms with van der Waals surface area (Å²) < 4.78 is 0. The minimum absolute atomic E-state index is 0.0267. The maximum atomic E-state index is 11.9. The van der Waals surface area contributed by atoms with Crippen LogP contribution in [0.1, 0.15) is 36.0 Å². The summed E-state index contributed by atoms with van der Waals surface area (Å²) in [7, 11) is 0. The molecule has 1 aliphatic rings. The number of amides is 1. The van der Waals surface area contributed by atoms with Gasteiger partial charge in [0, 0.05) is 30.0 Å². The largest absolute Gasteiger partial charge is 0.356 e. The molecule has 1 heterocycles. The lowest BCUT2D eigenvalue weighted by atomic mass is 9.99. The van der Waals surface area contributed by atoms with Crippen LogP contribution in [0.3, 0.4) is 0 Å². The van der Waals surface area contributed by atoms with Gasteiger partial charge in [-0.1, -0.05) is 11.6 Å². The molecule has 1 fully saturated rings.